The Bertz CT molecular complexity index is 1090. The molecule has 0 aliphatic rings. The molecule has 0 bridgehead atoms. The molecule has 7 heteroatoms. The van der Waals surface area contributed by atoms with E-state index in [-0.39, 0.29) is 24.7 Å². The lowest BCUT2D eigenvalue weighted by Gasteiger charge is -2.16. The second kappa shape index (κ2) is 17.2. The van der Waals surface area contributed by atoms with Crippen LogP contribution in [0, 0.1) is 0 Å². The number of benzene rings is 3. The van der Waals surface area contributed by atoms with Crippen molar-refractivity contribution in [2.24, 2.45) is 0 Å². The van der Waals surface area contributed by atoms with Crippen LogP contribution in [0.5, 0.6) is 5.75 Å². The van der Waals surface area contributed by atoms with Gasteiger partial charge < -0.3 is 20.1 Å². The fourth-order valence-electron chi connectivity index (χ4n) is 4.05. The molecular formula is C31H39ClN2O4. The van der Waals surface area contributed by atoms with Crippen molar-refractivity contribution in [3.8, 4) is 16.9 Å². The lowest BCUT2D eigenvalue weighted by atomic mass is 10.0. The number of amides is 1. The Morgan fingerprint density at radius 1 is 0.789 bits per heavy atom. The van der Waals surface area contributed by atoms with Gasteiger partial charge in [-0.3, -0.25) is 9.59 Å². The van der Waals surface area contributed by atoms with Crippen LogP contribution < -0.4 is 10.1 Å². The van der Waals surface area contributed by atoms with Crippen LogP contribution in [0.15, 0.2) is 78.9 Å². The fourth-order valence-corrected chi connectivity index (χ4v) is 4.05. The van der Waals surface area contributed by atoms with Gasteiger partial charge >= 0.3 is 5.97 Å². The van der Waals surface area contributed by atoms with Crippen LogP contribution in [0.4, 0.5) is 0 Å². The number of carbonyl (C=O) groups is 2. The van der Waals surface area contributed by atoms with Gasteiger partial charge in [-0.2, -0.15) is 0 Å². The van der Waals surface area contributed by atoms with Crippen molar-refractivity contribution in [1.29, 1.82) is 0 Å². The lowest BCUT2D eigenvalue weighted by molar-refractivity contribution is -0.137. The van der Waals surface area contributed by atoms with Crippen molar-refractivity contribution in [3.05, 3.63) is 90.0 Å². The summed E-state index contributed by atoms with van der Waals surface area (Å²) in [6.07, 6.45) is 4.35. The predicted molar refractivity (Wildman–Crippen MR) is 155 cm³/mol. The largest absolute Gasteiger partial charge is 0.489 e. The minimum absolute atomic E-state index is 0. The number of carbonyl (C=O) groups excluding carboxylic acids is 1. The Morgan fingerprint density at radius 3 is 2.11 bits per heavy atom. The van der Waals surface area contributed by atoms with Gasteiger partial charge in [-0.25, -0.2) is 0 Å². The first-order chi connectivity index (χ1) is 18.0. The molecule has 3 rings (SSSR count). The molecule has 0 atom stereocenters. The summed E-state index contributed by atoms with van der Waals surface area (Å²) in [7, 11) is 2.04. The van der Waals surface area contributed by atoms with Crippen LogP contribution in [0.2, 0.25) is 0 Å². The van der Waals surface area contributed by atoms with Gasteiger partial charge in [0.1, 0.15) is 12.4 Å². The number of carboxylic acid groups (broad SMARTS) is 1. The summed E-state index contributed by atoms with van der Waals surface area (Å²) in [4.78, 5) is 25.0. The summed E-state index contributed by atoms with van der Waals surface area (Å²) in [5.41, 5.74) is 4.44. The molecule has 0 spiro atoms. The van der Waals surface area contributed by atoms with E-state index in [2.05, 4.69) is 46.6 Å². The van der Waals surface area contributed by atoms with Crippen LogP contribution in [0.3, 0.4) is 0 Å². The Morgan fingerprint density at radius 2 is 1.42 bits per heavy atom. The SMILES string of the molecule is CN(CCCCCCC(=O)O)CCNC(=O)Cc1ccc(OCc2ccc(-c3ccccc3)cc2)cc1.Cl. The molecule has 0 aliphatic carbocycles. The molecule has 2 N–H and O–H groups in total. The minimum Gasteiger partial charge on any atom is -0.489 e. The highest BCUT2D eigenvalue weighted by Crippen LogP contribution is 2.20. The Balaban J connectivity index is 0.00000507. The van der Waals surface area contributed by atoms with Gasteiger partial charge in [0.25, 0.3) is 0 Å². The molecule has 0 aromatic heterocycles. The molecule has 3 aromatic carbocycles. The van der Waals surface area contributed by atoms with Crippen molar-refractivity contribution < 1.29 is 19.4 Å². The van der Waals surface area contributed by atoms with E-state index in [9.17, 15) is 9.59 Å². The Hall–Kier alpha value is -3.35. The second-order valence-corrected chi connectivity index (χ2v) is 9.38. The van der Waals surface area contributed by atoms with Gasteiger partial charge in [0, 0.05) is 19.5 Å². The summed E-state index contributed by atoms with van der Waals surface area (Å²) >= 11 is 0. The van der Waals surface area contributed by atoms with Gasteiger partial charge in [0.2, 0.25) is 5.91 Å². The number of aliphatic carboxylic acids is 1. The zero-order valence-corrected chi connectivity index (χ0v) is 22.9. The highest BCUT2D eigenvalue weighted by atomic mass is 35.5. The highest BCUT2D eigenvalue weighted by Gasteiger charge is 2.06. The maximum absolute atomic E-state index is 12.3. The van der Waals surface area contributed by atoms with Gasteiger partial charge in [-0.05, 0) is 60.8 Å². The zero-order chi connectivity index (χ0) is 26.3. The third-order valence-corrected chi connectivity index (χ3v) is 6.25. The Kier molecular flexibility index (Phi) is 14.0. The first-order valence-electron chi connectivity index (χ1n) is 13.0. The molecule has 0 aliphatic heterocycles. The topological polar surface area (TPSA) is 78.9 Å². The van der Waals surface area contributed by atoms with Crippen LogP contribution in [0.1, 0.15) is 43.2 Å². The number of rotatable bonds is 16. The second-order valence-electron chi connectivity index (χ2n) is 9.38. The summed E-state index contributed by atoms with van der Waals surface area (Å²) in [5.74, 6) is 0.0632. The first-order valence-corrected chi connectivity index (χ1v) is 13.0. The maximum Gasteiger partial charge on any atom is 0.303 e. The number of ether oxygens (including phenoxy) is 1. The number of carboxylic acids is 1. The monoisotopic (exact) mass is 538 g/mol. The number of likely N-dealkylation sites (N-methyl/N-ethyl adjacent to an activating group) is 1. The molecule has 0 fully saturated rings. The predicted octanol–water partition coefficient (Wildman–Crippen LogP) is 5.98. The molecule has 0 heterocycles. The zero-order valence-electron chi connectivity index (χ0n) is 22.1. The summed E-state index contributed by atoms with van der Waals surface area (Å²) in [5, 5.41) is 11.6. The van der Waals surface area contributed by atoms with Gasteiger partial charge in [-0.15, -0.1) is 12.4 Å². The van der Waals surface area contributed by atoms with E-state index in [4.69, 9.17) is 9.84 Å². The summed E-state index contributed by atoms with van der Waals surface area (Å²) in [6.45, 7) is 2.84. The Labute approximate surface area is 232 Å². The molecule has 6 nitrogen and oxygen atoms in total. The molecular weight excluding hydrogens is 500 g/mol. The van der Waals surface area contributed by atoms with Crippen LogP contribution in [0.25, 0.3) is 11.1 Å². The highest BCUT2D eigenvalue weighted by molar-refractivity contribution is 5.85. The summed E-state index contributed by atoms with van der Waals surface area (Å²) in [6, 6.07) is 26.4. The summed E-state index contributed by atoms with van der Waals surface area (Å²) < 4.78 is 5.92. The number of hydrogen-bond donors (Lipinski definition) is 2. The van der Waals surface area contributed by atoms with E-state index in [0.29, 0.717) is 19.6 Å². The van der Waals surface area contributed by atoms with Crippen molar-refractivity contribution in [2.75, 3.05) is 26.7 Å². The van der Waals surface area contributed by atoms with Gasteiger partial charge in [0.05, 0.1) is 6.42 Å². The minimum atomic E-state index is -0.724. The molecule has 3 aromatic rings. The van der Waals surface area contributed by atoms with Crippen LogP contribution in [-0.4, -0.2) is 48.6 Å². The smallest absolute Gasteiger partial charge is 0.303 e. The molecule has 0 saturated heterocycles. The van der Waals surface area contributed by atoms with Crippen molar-refractivity contribution in [1.82, 2.24) is 10.2 Å². The molecule has 38 heavy (non-hydrogen) atoms. The molecule has 0 saturated carbocycles. The van der Waals surface area contributed by atoms with Crippen molar-refractivity contribution >= 4 is 24.3 Å². The van der Waals surface area contributed by atoms with E-state index >= 15 is 0 Å². The number of unbranched alkanes of at least 4 members (excludes halogenated alkanes) is 3. The van der Waals surface area contributed by atoms with E-state index < -0.39 is 5.97 Å². The van der Waals surface area contributed by atoms with E-state index in [1.54, 1.807) is 0 Å². The molecule has 0 unspecified atom stereocenters. The van der Waals surface area contributed by atoms with Crippen LogP contribution >= 0.6 is 12.4 Å². The van der Waals surface area contributed by atoms with Crippen LogP contribution in [-0.2, 0) is 22.6 Å². The average molecular weight is 539 g/mol. The quantitative estimate of drug-likeness (QED) is 0.219. The number of hydrogen-bond acceptors (Lipinski definition) is 4. The third kappa shape index (κ3) is 11.8. The van der Waals surface area contributed by atoms with E-state index in [1.165, 1.54) is 11.1 Å². The lowest BCUT2D eigenvalue weighted by Crippen LogP contribution is -2.34. The van der Waals surface area contributed by atoms with Gasteiger partial charge in [-0.1, -0.05) is 79.6 Å². The first kappa shape index (κ1) is 30.9. The van der Waals surface area contributed by atoms with Crippen molar-refractivity contribution in [2.45, 2.75) is 45.1 Å². The van der Waals surface area contributed by atoms with Gasteiger partial charge in [0.15, 0.2) is 0 Å². The molecule has 204 valence electrons. The fraction of sp³-hybridized carbons (Fsp3) is 0.355. The number of nitrogens with one attached hydrogen (secondary N) is 1. The maximum atomic E-state index is 12.3. The van der Waals surface area contributed by atoms with E-state index in [1.807, 2.05) is 49.5 Å². The third-order valence-electron chi connectivity index (χ3n) is 6.25. The van der Waals surface area contributed by atoms with E-state index in [0.717, 1.165) is 55.6 Å². The standard InChI is InChI=1S/C31H38N2O4.ClH/c1-33(21-8-3-2-7-11-31(35)36)22-20-32-30(34)23-25-14-18-29(19-15-25)37-24-26-12-16-28(17-13-26)27-9-5-4-6-10-27;/h4-6,9-10,12-19H,2-3,7-8,11,20-24H2,1H3,(H,32,34)(H,35,36);1H. The molecule has 0 radical (unpaired) electrons. The van der Waals surface area contributed by atoms with Crippen molar-refractivity contribution in [3.63, 3.8) is 0 Å². The normalized spacial score (nSPS) is 10.6. The average Bonchev–Trinajstić information content (AvgIpc) is 2.91. The number of nitrogens with zero attached hydrogens (tertiary/aromatic N) is 1. The molecule has 1 amide bonds. The number of halogens is 1.